The van der Waals surface area contributed by atoms with Gasteiger partial charge in [0.1, 0.15) is 5.82 Å². The average Bonchev–Trinajstić information content (AvgIpc) is 2.84. The van der Waals surface area contributed by atoms with E-state index in [0.717, 1.165) is 22.7 Å². The van der Waals surface area contributed by atoms with Crippen molar-refractivity contribution in [2.24, 2.45) is 0 Å². The molecule has 1 N–H and O–H groups in total. The third-order valence-corrected chi connectivity index (χ3v) is 5.21. The molecule has 0 saturated carbocycles. The quantitative estimate of drug-likeness (QED) is 0.821. The van der Waals surface area contributed by atoms with Crippen LogP contribution in [0.15, 0.2) is 47.4 Å². The Bertz CT molecular complexity index is 889. The first kappa shape index (κ1) is 17.4. The minimum absolute atomic E-state index is 0.0658. The molecule has 2 aromatic rings. The summed E-state index contributed by atoms with van der Waals surface area (Å²) in [4.78, 5) is 37.5. The smallest absolute Gasteiger partial charge is 0.336 e. The molecule has 1 atom stereocenters. The van der Waals surface area contributed by atoms with Gasteiger partial charge in [0, 0.05) is 11.3 Å². The highest BCUT2D eigenvalue weighted by atomic mass is 35.5. The fourth-order valence-electron chi connectivity index (χ4n) is 2.49. The number of halogens is 2. The second-order valence-electron chi connectivity index (χ2n) is 5.28. The number of carbonyl (C=O) groups is 3. The van der Waals surface area contributed by atoms with Gasteiger partial charge in [-0.2, -0.15) is 0 Å². The topological polar surface area (TPSA) is 74.7 Å². The molecule has 1 saturated heterocycles. The standard InChI is InChI=1S/C17H11ClFNO4S/c18-11-7-9(5-6-12(11)19)20-15(21)8-14(16(20)22)25-13-4-2-1-3-10(13)17(23)24/h1-7,14H,8H2,(H,23,24). The van der Waals surface area contributed by atoms with Gasteiger partial charge < -0.3 is 5.11 Å². The number of carboxylic acid groups (broad SMARTS) is 1. The van der Waals surface area contributed by atoms with Crippen molar-refractivity contribution in [2.45, 2.75) is 16.6 Å². The predicted octanol–water partition coefficient (Wildman–Crippen LogP) is 3.60. The number of imide groups is 1. The van der Waals surface area contributed by atoms with Crippen LogP contribution in [0.1, 0.15) is 16.8 Å². The molecule has 0 radical (unpaired) electrons. The van der Waals surface area contributed by atoms with Crippen molar-refractivity contribution in [1.82, 2.24) is 0 Å². The lowest BCUT2D eigenvalue weighted by Crippen LogP contribution is -2.31. The zero-order chi connectivity index (χ0) is 18.1. The van der Waals surface area contributed by atoms with Gasteiger partial charge in [-0.3, -0.25) is 9.59 Å². The van der Waals surface area contributed by atoms with Crippen molar-refractivity contribution < 1.29 is 23.9 Å². The van der Waals surface area contributed by atoms with E-state index in [4.69, 9.17) is 11.6 Å². The molecule has 2 amide bonds. The fraction of sp³-hybridized carbons (Fsp3) is 0.118. The third-order valence-electron chi connectivity index (χ3n) is 3.65. The van der Waals surface area contributed by atoms with E-state index in [0.29, 0.717) is 4.90 Å². The van der Waals surface area contributed by atoms with Gasteiger partial charge in [-0.15, -0.1) is 11.8 Å². The molecule has 0 bridgehead atoms. The Kier molecular flexibility index (Phi) is 4.78. The predicted molar refractivity (Wildman–Crippen MR) is 91.6 cm³/mol. The molecule has 0 aromatic heterocycles. The molecular weight excluding hydrogens is 369 g/mol. The van der Waals surface area contributed by atoms with E-state index in [9.17, 15) is 23.9 Å². The number of benzene rings is 2. The molecule has 0 aliphatic carbocycles. The van der Waals surface area contributed by atoms with E-state index < -0.39 is 28.9 Å². The number of rotatable bonds is 4. The Hall–Kier alpha value is -2.38. The van der Waals surface area contributed by atoms with Crippen molar-refractivity contribution in [3.05, 3.63) is 58.9 Å². The minimum atomic E-state index is -1.11. The average molecular weight is 380 g/mol. The van der Waals surface area contributed by atoms with Crippen LogP contribution in [-0.4, -0.2) is 28.1 Å². The number of hydrogen-bond acceptors (Lipinski definition) is 4. The number of amides is 2. The lowest BCUT2D eigenvalue weighted by molar-refractivity contribution is -0.121. The molecule has 1 unspecified atom stereocenters. The van der Waals surface area contributed by atoms with E-state index in [1.165, 1.54) is 18.2 Å². The SMILES string of the molecule is O=C(O)c1ccccc1SC1CC(=O)N(c2ccc(F)c(Cl)c2)C1=O. The van der Waals surface area contributed by atoms with Crippen LogP contribution in [0.4, 0.5) is 10.1 Å². The van der Waals surface area contributed by atoms with Crippen LogP contribution in [0, 0.1) is 5.82 Å². The van der Waals surface area contributed by atoms with Crippen LogP contribution in [0.25, 0.3) is 0 Å². The van der Waals surface area contributed by atoms with Crippen LogP contribution >= 0.6 is 23.4 Å². The monoisotopic (exact) mass is 379 g/mol. The molecule has 2 aromatic carbocycles. The summed E-state index contributed by atoms with van der Waals surface area (Å²) >= 11 is 6.74. The van der Waals surface area contributed by atoms with Crippen molar-refractivity contribution >= 4 is 46.8 Å². The van der Waals surface area contributed by atoms with Crippen LogP contribution in [0.3, 0.4) is 0 Å². The molecule has 8 heteroatoms. The molecule has 1 heterocycles. The normalized spacial score (nSPS) is 17.2. The number of aromatic carboxylic acids is 1. The number of hydrogen-bond donors (Lipinski definition) is 1. The summed E-state index contributed by atoms with van der Waals surface area (Å²) in [6, 6.07) is 9.86. The van der Waals surface area contributed by atoms with E-state index in [2.05, 4.69) is 0 Å². The molecule has 3 rings (SSSR count). The number of carbonyl (C=O) groups excluding carboxylic acids is 2. The van der Waals surface area contributed by atoms with Crippen molar-refractivity contribution in [3.63, 3.8) is 0 Å². The maximum Gasteiger partial charge on any atom is 0.336 e. The second kappa shape index (κ2) is 6.85. The number of thioether (sulfide) groups is 1. The lowest BCUT2D eigenvalue weighted by Gasteiger charge is -2.15. The summed E-state index contributed by atoms with van der Waals surface area (Å²) in [6.45, 7) is 0. The zero-order valence-corrected chi connectivity index (χ0v) is 14.2. The lowest BCUT2D eigenvalue weighted by atomic mass is 10.2. The van der Waals surface area contributed by atoms with E-state index in [1.807, 2.05) is 0 Å². The van der Waals surface area contributed by atoms with Gasteiger partial charge in [-0.1, -0.05) is 23.7 Å². The summed E-state index contributed by atoms with van der Waals surface area (Å²) in [7, 11) is 0. The van der Waals surface area contributed by atoms with Crippen molar-refractivity contribution in [2.75, 3.05) is 4.90 Å². The van der Waals surface area contributed by atoms with Gasteiger partial charge >= 0.3 is 5.97 Å². The first-order valence-corrected chi connectivity index (χ1v) is 8.45. The summed E-state index contributed by atoms with van der Waals surface area (Å²) in [5.41, 5.74) is 0.257. The zero-order valence-electron chi connectivity index (χ0n) is 12.6. The summed E-state index contributed by atoms with van der Waals surface area (Å²) in [5.74, 6) is -2.69. The number of nitrogens with zero attached hydrogens (tertiary/aromatic N) is 1. The minimum Gasteiger partial charge on any atom is -0.478 e. The van der Waals surface area contributed by atoms with Gasteiger partial charge in [0.15, 0.2) is 0 Å². The van der Waals surface area contributed by atoms with Gasteiger partial charge in [-0.25, -0.2) is 14.1 Å². The van der Waals surface area contributed by atoms with E-state index >= 15 is 0 Å². The highest BCUT2D eigenvalue weighted by molar-refractivity contribution is 8.00. The van der Waals surface area contributed by atoms with Gasteiger partial charge in [0.25, 0.3) is 0 Å². The summed E-state index contributed by atoms with van der Waals surface area (Å²) in [6.07, 6.45) is -0.0769. The molecule has 1 aliphatic rings. The Morgan fingerprint density at radius 1 is 1.24 bits per heavy atom. The van der Waals surface area contributed by atoms with Crippen molar-refractivity contribution in [1.29, 1.82) is 0 Å². The maximum absolute atomic E-state index is 13.3. The summed E-state index contributed by atoms with van der Waals surface area (Å²) in [5, 5.41) is 8.28. The van der Waals surface area contributed by atoms with E-state index in [1.54, 1.807) is 18.2 Å². The number of carboxylic acids is 1. The highest BCUT2D eigenvalue weighted by Crippen LogP contribution is 2.36. The van der Waals surface area contributed by atoms with Gasteiger partial charge in [-0.05, 0) is 30.3 Å². The maximum atomic E-state index is 13.3. The molecule has 0 spiro atoms. The van der Waals surface area contributed by atoms with Crippen LogP contribution in [-0.2, 0) is 9.59 Å². The van der Waals surface area contributed by atoms with Crippen molar-refractivity contribution in [3.8, 4) is 0 Å². The Labute approximate surface area is 151 Å². The van der Waals surface area contributed by atoms with E-state index in [-0.39, 0.29) is 22.7 Å². The van der Waals surface area contributed by atoms with Crippen LogP contribution in [0.2, 0.25) is 5.02 Å². The third kappa shape index (κ3) is 3.38. The van der Waals surface area contributed by atoms with Gasteiger partial charge in [0.2, 0.25) is 11.8 Å². The second-order valence-corrected chi connectivity index (χ2v) is 6.93. The molecule has 1 fully saturated rings. The molecular formula is C17H11ClFNO4S. The molecule has 25 heavy (non-hydrogen) atoms. The highest BCUT2D eigenvalue weighted by Gasteiger charge is 2.40. The van der Waals surface area contributed by atoms with Crippen LogP contribution in [0.5, 0.6) is 0 Å². The Morgan fingerprint density at radius 2 is 1.96 bits per heavy atom. The first-order chi connectivity index (χ1) is 11.9. The van der Waals surface area contributed by atoms with Crippen LogP contribution < -0.4 is 4.90 Å². The summed E-state index contributed by atoms with van der Waals surface area (Å²) < 4.78 is 13.3. The largest absolute Gasteiger partial charge is 0.478 e. The first-order valence-electron chi connectivity index (χ1n) is 7.19. The number of anilines is 1. The molecule has 5 nitrogen and oxygen atoms in total. The van der Waals surface area contributed by atoms with Gasteiger partial charge in [0.05, 0.1) is 21.5 Å². The Balaban J connectivity index is 1.87. The molecule has 128 valence electrons. The molecule has 1 aliphatic heterocycles. The Morgan fingerprint density at radius 3 is 2.64 bits per heavy atom. The fourth-order valence-corrected chi connectivity index (χ4v) is 3.84.